The van der Waals surface area contributed by atoms with Crippen LogP contribution in [0.4, 0.5) is 20.2 Å². The molecule has 0 aliphatic rings. The van der Waals surface area contributed by atoms with E-state index in [0.717, 1.165) is 6.07 Å². The number of hydrogen-bond donors (Lipinski definition) is 3. The van der Waals surface area contributed by atoms with Gasteiger partial charge in [-0.1, -0.05) is 0 Å². The van der Waals surface area contributed by atoms with Crippen molar-refractivity contribution in [2.45, 2.75) is 6.92 Å². The molecule has 0 fully saturated rings. The average molecular weight is 504 g/mol. The molecule has 37 heavy (non-hydrogen) atoms. The summed E-state index contributed by atoms with van der Waals surface area (Å²) in [4.78, 5) is 30.5. The van der Waals surface area contributed by atoms with Crippen molar-refractivity contribution in [3.05, 3.63) is 113 Å². The molecule has 188 valence electrons. The zero-order valence-electron chi connectivity index (χ0n) is 19.7. The number of benzene rings is 2. The van der Waals surface area contributed by atoms with Crippen LogP contribution in [-0.4, -0.2) is 22.0 Å². The number of rotatable bonds is 8. The molecular formula is C27H23F2N5O3. The Hall–Kier alpha value is -4.99. The first-order chi connectivity index (χ1) is 17.9. The van der Waals surface area contributed by atoms with E-state index in [0.29, 0.717) is 29.4 Å². The van der Waals surface area contributed by atoms with Crippen LogP contribution in [0.2, 0.25) is 0 Å². The van der Waals surface area contributed by atoms with E-state index in [1.165, 1.54) is 59.4 Å². The number of halogens is 2. The summed E-state index contributed by atoms with van der Waals surface area (Å²) in [5.74, 6) is -1.74. The van der Waals surface area contributed by atoms with Gasteiger partial charge in [0.2, 0.25) is 0 Å². The van der Waals surface area contributed by atoms with Crippen LogP contribution in [0.15, 0.2) is 84.1 Å². The largest absolute Gasteiger partial charge is 0.452 e. The van der Waals surface area contributed by atoms with Crippen LogP contribution in [0.1, 0.15) is 23.0 Å². The molecular weight excluding hydrogens is 480 g/mol. The monoisotopic (exact) mass is 503 g/mol. The molecule has 0 aliphatic carbocycles. The Kier molecular flexibility index (Phi) is 7.58. The third kappa shape index (κ3) is 5.64. The van der Waals surface area contributed by atoms with Crippen LogP contribution in [0.3, 0.4) is 0 Å². The lowest BCUT2D eigenvalue weighted by molar-refractivity contribution is 0.102. The quantitative estimate of drug-likeness (QED) is 0.315. The first kappa shape index (κ1) is 25.1. The fraction of sp³-hybridized carbons (Fsp3) is 0.0741. The van der Waals surface area contributed by atoms with Gasteiger partial charge in [0.1, 0.15) is 17.1 Å². The minimum absolute atomic E-state index is 0.0932. The Morgan fingerprint density at radius 3 is 2.59 bits per heavy atom. The van der Waals surface area contributed by atoms with Crippen molar-refractivity contribution in [1.29, 1.82) is 0 Å². The van der Waals surface area contributed by atoms with Gasteiger partial charge >= 0.3 is 0 Å². The Morgan fingerprint density at radius 2 is 1.89 bits per heavy atom. The summed E-state index contributed by atoms with van der Waals surface area (Å²) in [7, 11) is 0. The van der Waals surface area contributed by atoms with Crippen LogP contribution in [0.25, 0.3) is 11.8 Å². The molecule has 2 aromatic heterocycles. The van der Waals surface area contributed by atoms with Gasteiger partial charge in [-0.3, -0.25) is 19.1 Å². The maximum absolute atomic E-state index is 14.9. The summed E-state index contributed by atoms with van der Waals surface area (Å²) in [6.07, 6.45) is 5.84. The summed E-state index contributed by atoms with van der Waals surface area (Å²) in [6.45, 7) is 2.27. The minimum Gasteiger partial charge on any atom is -0.452 e. The maximum atomic E-state index is 14.9. The van der Waals surface area contributed by atoms with Crippen molar-refractivity contribution >= 4 is 23.4 Å². The number of pyridine rings is 2. The van der Waals surface area contributed by atoms with Gasteiger partial charge in [0, 0.05) is 36.4 Å². The summed E-state index contributed by atoms with van der Waals surface area (Å²) in [6, 6.07) is 14.0. The topological polar surface area (TPSA) is 111 Å². The molecule has 1 amide bonds. The Morgan fingerprint density at radius 1 is 1.11 bits per heavy atom. The highest BCUT2D eigenvalue weighted by Gasteiger charge is 2.20. The number of carbonyl (C=O) groups is 1. The van der Waals surface area contributed by atoms with E-state index >= 15 is 0 Å². The number of hydrogen-bond acceptors (Lipinski definition) is 6. The molecule has 0 spiro atoms. The molecule has 4 N–H and O–H groups in total. The summed E-state index contributed by atoms with van der Waals surface area (Å²) in [5, 5.41) is 5.55. The Balaban J connectivity index is 1.62. The molecule has 4 aromatic rings. The van der Waals surface area contributed by atoms with Crippen molar-refractivity contribution in [1.82, 2.24) is 9.55 Å². The number of carbonyl (C=O) groups excluding carboxylic acids is 1. The highest BCUT2D eigenvalue weighted by molar-refractivity contribution is 6.07. The first-order valence-electron chi connectivity index (χ1n) is 11.3. The number of aromatic nitrogens is 2. The molecule has 0 unspecified atom stereocenters. The third-order valence-corrected chi connectivity index (χ3v) is 5.25. The van der Waals surface area contributed by atoms with Crippen LogP contribution in [0.5, 0.6) is 11.5 Å². The van der Waals surface area contributed by atoms with E-state index in [-0.39, 0.29) is 17.0 Å². The predicted molar refractivity (Wildman–Crippen MR) is 138 cm³/mol. The van der Waals surface area contributed by atoms with Gasteiger partial charge in [0.05, 0.1) is 5.69 Å². The van der Waals surface area contributed by atoms with Crippen LogP contribution < -0.4 is 26.7 Å². The molecule has 0 radical (unpaired) electrons. The van der Waals surface area contributed by atoms with Gasteiger partial charge in [-0.05, 0) is 73.8 Å². The molecule has 0 saturated carbocycles. The normalized spacial score (nSPS) is 10.9. The van der Waals surface area contributed by atoms with E-state index in [2.05, 4.69) is 15.6 Å². The molecule has 0 bridgehead atoms. The third-order valence-electron chi connectivity index (χ3n) is 5.25. The molecule has 8 nitrogen and oxygen atoms in total. The van der Waals surface area contributed by atoms with Gasteiger partial charge < -0.3 is 21.1 Å². The number of nitrogens with two attached hydrogens (primary N) is 1. The van der Waals surface area contributed by atoms with Crippen LogP contribution >= 0.6 is 0 Å². The number of nitrogens with one attached hydrogen (secondary N) is 2. The minimum atomic E-state index is -0.743. The van der Waals surface area contributed by atoms with Crippen molar-refractivity contribution in [3.63, 3.8) is 0 Å². The van der Waals surface area contributed by atoms with E-state index in [9.17, 15) is 18.4 Å². The molecule has 2 heterocycles. The second kappa shape index (κ2) is 11.2. The summed E-state index contributed by atoms with van der Waals surface area (Å²) < 4.78 is 35.1. The number of nitrogens with zero attached hydrogens (tertiary/aromatic N) is 2. The molecule has 10 heteroatoms. The van der Waals surface area contributed by atoms with Gasteiger partial charge in [-0.15, -0.1) is 0 Å². The summed E-state index contributed by atoms with van der Waals surface area (Å²) in [5.41, 5.74) is 5.84. The highest BCUT2D eigenvalue weighted by Crippen LogP contribution is 2.29. The lowest BCUT2D eigenvalue weighted by atomic mass is 10.1. The first-order valence-corrected chi connectivity index (χ1v) is 11.3. The van der Waals surface area contributed by atoms with E-state index in [1.54, 1.807) is 24.4 Å². The van der Waals surface area contributed by atoms with Gasteiger partial charge in [0.15, 0.2) is 17.3 Å². The standard InChI is InChI=1S/C27H23F2N5O3/c1-2-31-22-12-15-34(19-8-5-17(28)6-9-19)27(36)25(22)26(35)33-18-7-10-23(20(29)16-18)37-24-4-3-14-32-21(24)11-13-30/h3-16,31H,2,30H2,1H3,(H,33,35). The van der Waals surface area contributed by atoms with Gasteiger partial charge in [-0.25, -0.2) is 8.78 Å². The SMILES string of the molecule is CCNc1ccn(-c2ccc(F)cc2)c(=O)c1C(=O)Nc1ccc(Oc2cccnc2C=CN)c(F)c1. The molecule has 0 atom stereocenters. The average Bonchev–Trinajstić information content (AvgIpc) is 2.88. The predicted octanol–water partition coefficient (Wildman–Crippen LogP) is 4.92. The Bertz CT molecular complexity index is 1520. The van der Waals surface area contributed by atoms with Crippen LogP contribution in [-0.2, 0) is 0 Å². The molecule has 0 saturated heterocycles. The maximum Gasteiger partial charge on any atom is 0.270 e. The lowest BCUT2D eigenvalue weighted by Gasteiger charge is -2.14. The number of anilines is 2. The fourth-order valence-electron chi connectivity index (χ4n) is 3.58. The molecule has 4 rings (SSSR count). The van der Waals surface area contributed by atoms with Crippen molar-refractivity contribution in [2.75, 3.05) is 17.2 Å². The smallest absolute Gasteiger partial charge is 0.270 e. The molecule has 0 aliphatic heterocycles. The zero-order chi connectivity index (χ0) is 26.4. The zero-order valence-corrected chi connectivity index (χ0v) is 19.7. The lowest BCUT2D eigenvalue weighted by Crippen LogP contribution is -2.29. The Labute approximate surface area is 211 Å². The molecule has 2 aromatic carbocycles. The van der Waals surface area contributed by atoms with Crippen molar-refractivity contribution < 1.29 is 18.3 Å². The second-order valence-corrected chi connectivity index (χ2v) is 7.73. The second-order valence-electron chi connectivity index (χ2n) is 7.73. The van der Waals surface area contributed by atoms with Crippen molar-refractivity contribution in [2.24, 2.45) is 5.73 Å². The number of amides is 1. The van der Waals surface area contributed by atoms with Crippen LogP contribution in [0, 0.1) is 11.6 Å². The fourth-order valence-corrected chi connectivity index (χ4v) is 3.58. The van der Waals surface area contributed by atoms with E-state index in [4.69, 9.17) is 10.5 Å². The number of ether oxygens (including phenoxy) is 1. The summed E-state index contributed by atoms with van der Waals surface area (Å²) >= 11 is 0. The van der Waals surface area contributed by atoms with Crippen molar-refractivity contribution in [3.8, 4) is 17.2 Å². The highest BCUT2D eigenvalue weighted by atomic mass is 19.1. The van der Waals surface area contributed by atoms with E-state index in [1.807, 2.05) is 6.92 Å². The van der Waals surface area contributed by atoms with Gasteiger partial charge in [0.25, 0.3) is 11.5 Å². The van der Waals surface area contributed by atoms with Gasteiger partial charge in [-0.2, -0.15) is 0 Å². The van der Waals surface area contributed by atoms with E-state index < -0.39 is 23.1 Å².